The fourth-order valence-corrected chi connectivity index (χ4v) is 2.39. The van der Waals surface area contributed by atoms with Gasteiger partial charge in [0.1, 0.15) is 0 Å². The van der Waals surface area contributed by atoms with Gasteiger partial charge in [-0.25, -0.2) is 4.79 Å². The molecule has 1 heterocycles. The second-order valence-electron chi connectivity index (χ2n) is 5.03. The summed E-state index contributed by atoms with van der Waals surface area (Å²) >= 11 is 0. The van der Waals surface area contributed by atoms with E-state index in [1.807, 2.05) is 18.2 Å². The molecule has 1 aromatic heterocycles. The maximum Gasteiger partial charge on any atom is 0.315 e. The largest absolute Gasteiger partial charge is 0.481 e. The molecule has 0 unspecified atom stereocenters. The zero-order valence-electron chi connectivity index (χ0n) is 11.2. The summed E-state index contributed by atoms with van der Waals surface area (Å²) < 4.78 is 0. The molecule has 0 bridgehead atoms. The number of hydrogen-bond acceptors (Lipinski definition) is 3. The number of carbonyl (C=O) groups is 2. The Morgan fingerprint density at radius 2 is 2.00 bits per heavy atom. The normalized spacial score (nSPS) is 22.0. The first-order valence-corrected chi connectivity index (χ1v) is 6.82. The standard InChI is InChI=1S/C14H19N3O3/c18-13(19)10-4-6-11(7-5-10)17-14(20)16-9-12-3-1-2-8-15-12/h1-3,8,10-11H,4-7,9H2,(H,18,19)(H2,16,17,20). The van der Waals surface area contributed by atoms with Crippen LogP contribution < -0.4 is 10.6 Å². The zero-order chi connectivity index (χ0) is 14.4. The molecule has 6 nitrogen and oxygen atoms in total. The van der Waals surface area contributed by atoms with E-state index in [9.17, 15) is 9.59 Å². The number of urea groups is 1. The number of aliphatic carboxylic acids is 1. The third-order valence-corrected chi connectivity index (χ3v) is 3.57. The van der Waals surface area contributed by atoms with Crippen LogP contribution >= 0.6 is 0 Å². The molecular formula is C14H19N3O3. The van der Waals surface area contributed by atoms with Crippen LogP contribution in [0, 0.1) is 5.92 Å². The fourth-order valence-electron chi connectivity index (χ4n) is 2.39. The maximum absolute atomic E-state index is 11.7. The van der Waals surface area contributed by atoms with Gasteiger partial charge in [-0.05, 0) is 37.8 Å². The molecule has 1 aliphatic carbocycles. The van der Waals surface area contributed by atoms with Gasteiger partial charge in [0, 0.05) is 12.2 Å². The number of rotatable bonds is 4. The van der Waals surface area contributed by atoms with E-state index < -0.39 is 5.97 Å². The van der Waals surface area contributed by atoms with Gasteiger partial charge in [-0.2, -0.15) is 0 Å². The number of carbonyl (C=O) groups excluding carboxylic acids is 1. The molecule has 2 rings (SSSR count). The number of pyridine rings is 1. The predicted molar refractivity (Wildman–Crippen MR) is 73.0 cm³/mol. The number of nitrogens with one attached hydrogen (secondary N) is 2. The second-order valence-corrected chi connectivity index (χ2v) is 5.03. The van der Waals surface area contributed by atoms with Gasteiger partial charge < -0.3 is 15.7 Å². The smallest absolute Gasteiger partial charge is 0.315 e. The summed E-state index contributed by atoms with van der Waals surface area (Å²) in [7, 11) is 0. The van der Waals surface area contributed by atoms with Gasteiger partial charge in [0.2, 0.25) is 0 Å². The molecule has 0 aliphatic heterocycles. The Balaban J connectivity index is 1.69. The number of nitrogens with zero attached hydrogens (tertiary/aromatic N) is 1. The first-order chi connectivity index (χ1) is 9.65. The fraction of sp³-hybridized carbons (Fsp3) is 0.500. The Morgan fingerprint density at radius 3 is 2.60 bits per heavy atom. The molecule has 2 amide bonds. The molecule has 0 atom stereocenters. The van der Waals surface area contributed by atoms with Crippen LogP contribution in [0.5, 0.6) is 0 Å². The van der Waals surface area contributed by atoms with Crippen molar-refractivity contribution >= 4 is 12.0 Å². The highest BCUT2D eigenvalue weighted by molar-refractivity contribution is 5.74. The zero-order valence-corrected chi connectivity index (χ0v) is 11.2. The Bertz CT molecular complexity index is 456. The molecule has 0 spiro atoms. The molecule has 0 saturated heterocycles. The van der Waals surface area contributed by atoms with Crippen LogP contribution in [0.3, 0.4) is 0 Å². The lowest BCUT2D eigenvalue weighted by Crippen LogP contribution is -2.44. The van der Waals surface area contributed by atoms with Crippen LogP contribution in [0.15, 0.2) is 24.4 Å². The Morgan fingerprint density at radius 1 is 1.25 bits per heavy atom. The SMILES string of the molecule is O=C(NCc1ccccn1)NC1CCC(C(=O)O)CC1. The summed E-state index contributed by atoms with van der Waals surface area (Å²) in [5.41, 5.74) is 0.803. The lowest BCUT2D eigenvalue weighted by molar-refractivity contribution is -0.142. The highest BCUT2D eigenvalue weighted by Crippen LogP contribution is 2.24. The van der Waals surface area contributed by atoms with Gasteiger partial charge in [-0.1, -0.05) is 6.07 Å². The predicted octanol–water partition coefficient (Wildman–Crippen LogP) is 1.52. The van der Waals surface area contributed by atoms with E-state index >= 15 is 0 Å². The van der Waals surface area contributed by atoms with E-state index in [1.54, 1.807) is 6.20 Å². The maximum atomic E-state index is 11.7. The number of carboxylic acid groups (broad SMARTS) is 1. The molecule has 3 N–H and O–H groups in total. The van der Waals surface area contributed by atoms with E-state index in [-0.39, 0.29) is 18.0 Å². The van der Waals surface area contributed by atoms with Gasteiger partial charge in [0.15, 0.2) is 0 Å². The summed E-state index contributed by atoms with van der Waals surface area (Å²) in [4.78, 5) is 26.7. The van der Waals surface area contributed by atoms with Crippen molar-refractivity contribution in [2.75, 3.05) is 0 Å². The van der Waals surface area contributed by atoms with Crippen molar-refractivity contribution in [3.05, 3.63) is 30.1 Å². The minimum atomic E-state index is -0.733. The van der Waals surface area contributed by atoms with Crippen LogP contribution in [-0.4, -0.2) is 28.1 Å². The average molecular weight is 277 g/mol. The highest BCUT2D eigenvalue weighted by Gasteiger charge is 2.26. The van der Waals surface area contributed by atoms with Crippen molar-refractivity contribution in [3.8, 4) is 0 Å². The topological polar surface area (TPSA) is 91.3 Å². The van der Waals surface area contributed by atoms with Crippen molar-refractivity contribution in [2.45, 2.75) is 38.3 Å². The van der Waals surface area contributed by atoms with Crippen LogP contribution in [-0.2, 0) is 11.3 Å². The summed E-state index contributed by atoms with van der Waals surface area (Å²) in [6, 6.07) is 5.38. The Hall–Kier alpha value is -2.11. The van der Waals surface area contributed by atoms with Gasteiger partial charge in [-0.3, -0.25) is 9.78 Å². The van der Waals surface area contributed by atoms with E-state index in [0.717, 1.165) is 5.69 Å². The summed E-state index contributed by atoms with van der Waals surface area (Å²) in [5, 5.41) is 14.5. The van der Waals surface area contributed by atoms with Crippen molar-refractivity contribution in [1.82, 2.24) is 15.6 Å². The minimum Gasteiger partial charge on any atom is -0.481 e. The molecule has 0 radical (unpaired) electrons. The number of carboxylic acids is 1. The molecule has 20 heavy (non-hydrogen) atoms. The molecule has 0 aromatic carbocycles. The third kappa shape index (κ3) is 4.22. The molecule has 1 fully saturated rings. The van der Waals surface area contributed by atoms with Gasteiger partial charge >= 0.3 is 12.0 Å². The van der Waals surface area contributed by atoms with Gasteiger partial charge in [0.25, 0.3) is 0 Å². The first kappa shape index (κ1) is 14.3. The molecule has 108 valence electrons. The van der Waals surface area contributed by atoms with Crippen LogP contribution in [0.2, 0.25) is 0 Å². The Labute approximate surface area is 117 Å². The van der Waals surface area contributed by atoms with Crippen LogP contribution in [0.4, 0.5) is 4.79 Å². The monoisotopic (exact) mass is 277 g/mol. The Kier molecular flexibility index (Phi) is 4.92. The molecule has 1 saturated carbocycles. The quantitative estimate of drug-likeness (QED) is 0.778. The number of aromatic nitrogens is 1. The third-order valence-electron chi connectivity index (χ3n) is 3.57. The van der Waals surface area contributed by atoms with E-state index in [1.165, 1.54) is 0 Å². The summed E-state index contributed by atoms with van der Waals surface area (Å²) in [5.74, 6) is -0.993. The van der Waals surface area contributed by atoms with Crippen molar-refractivity contribution in [1.29, 1.82) is 0 Å². The van der Waals surface area contributed by atoms with Gasteiger partial charge in [-0.15, -0.1) is 0 Å². The van der Waals surface area contributed by atoms with Crippen LogP contribution in [0.1, 0.15) is 31.4 Å². The van der Waals surface area contributed by atoms with E-state index in [0.29, 0.717) is 32.2 Å². The highest BCUT2D eigenvalue weighted by atomic mass is 16.4. The van der Waals surface area contributed by atoms with Crippen molar-refractivity contribution in [3.63, 3.8) is 0 Å². The second kappa shape index (κ2) is 6.88. The first-order valence-electron chi connectivity index (χ1n) is 6.82. The molecule has 1 aliphatic rings. The molecule has 6 heteroatoms. The number of amides is 2. The summed E-state index contributed by atoms with van der Waals surface area (Å²) in [6.07, 6.45) is 4.37. The molecule has 1 aromatic rings. The van der Waals surface area contributed by atoms with Crippen molar-refractivity contribution in [2.24, 2.45) is 5.92 Å². The van der Waals surface area contributed by atoms with E-state index in [4.69, 9.17) is 5.11 Å². The van der Waals surface area contributed by atoms with Crippen LogP contribution in [0.25, 0.3) is 0 Å². The summed E-state index contributed by atoms with van der Waals surface area (Å²) in [6.45, 7) is 0.386. The van der Waals surface area contributed by atoms with Gasteiger partial charge in [0.05, 0.1) is 18.2 Å². The van der Waals surface area contributed by atoms with Crippen molar-refractivity contribution < 1.29 is 14.7 Å². The average Bonchev–Trinajstić information content (AvgIpc) is 2.47. The molecular weight excluding hydrogens is 258 g/mol. The van der Waals surface area contributed by atoms with E-state index in [2.05, 4.69) is 15.6 Å². The number of hydrogen-bond donors (Lipinski definition) is 3. The minimum absolute atomic E-state index is 0.0642. The lowest BCUT2D eigenvalue weighted by atomic mass is 9.86. The lowest BCUT2D eigenvalue weighted by Gasteiger charge is -2.26.